The Balaban J connectivity index is 2.03. The van der Waals surface area contributed by atoms with Crippen LogP contribution in [-0.2, 0) is 10.2 Å². The van der Waals surface area contributed by atoms with Gasteiger partial charge in [-0.3, -0.25) is 10.1 Å². The van der Waals surface area contributed by atoms with Gasteiger partial charge in [0.15, 0.2) is 0 Å². The molecular weight excluding hydrogens is 296 g/mol. The Kier molecular flexibility index (Phi) is 5.39. The Morgan fingerprint density at radius 1 is 1.30 bits per heavy atom. The fourth-order valence-corrected chi connectivity index (χ4v) is 1.81. The fraction of sp³-hybridized carbons (Fsp3) is 0.412. The van der Waals surface area contributed by atoms with Crippen LogP contribution in [0, 0.1) is 0 Å². The van der Waals surface area contributed by atoms with E-state index in [2.05, 4.69) is 10.3 Å². The number of rotatable bonds is 6. The van der Waals surface area contributed by atoms with Gasteiger partial charge in [-0.05, 0) is 18.2 Å². The van der Waals surface area contributed by atoms with Crippen molar-refractivity contribution >= 4 is 11.9 Å². The first-order valence-electron chi connectivity index (χ1n) is 7.39. The molecule has 0 bridgehead atoms. The molecule has 1 heterocycles. The number of aromatic nitrogens is 1. The number of hydrogen-bond donors (Lipinski definition) is 1. The number of benzene rings is 1. The number of carbonyl (C=O) groups is 1. The zero-order valence-electron chi connectivity index (χ0n) is 13.9. The number of anilines is 1. The molecule has 23 heavy (non-hydrogen) atoms. The van der Waals surface area contributed by atoms with Crippen LogP contribution >= 0.6 is 0 Å². The molecule has 2 rings (SSSR count). The van der Waals surface area contributed by atoms with E-state index in [9.17, 15) is 4.79 Å². The lowest BCUT2D eigenvalue weighted by Crippen LogP contribution is -2.14. The highest BCUT2D eigenvalue weighted by Gasteiger charge is 2.19. The molecule has 0 spiro atoms. The normalized spacial score (nSPS) is 11.3. The van der Waals surface area contributed by atoms with Gasteiger partial charge < -0.3 is 13.9 Å². The van der Waals surface area contributed by atoms with E-state index in [1.807, 2.05) is 20.8 Å². The van der Waals surface area contributed by atoms with E-state index in [0.717, 1.165) is 5.69 Å². The van der Waals surface area contributed by atoms with E-state index in [1.165, 1.54) is 0 Å². The van der Waals surface area contributed by atoms with Gasteiger partial charge in [0.25, 0.3) is 5.91 Å². The van der Waals surface area contributed by atoms with Gasteiger partial charge in [0.05, 0.1) is 12.3 Å². The zero-order chi connectivity index (χ0) is 16.9. The lowest BCUT2D eigenvalue weighted by Gasteiger charge is -2.12. The maximum absolute atomic E-state index is 12.3. The highest BCUT2D eigenvalue weighted by atomic mass is 16.5. The van der Waals surface area contributed by atoms with Gasteiger partial charge in [-0.1, -0.05) is 26.8 Å². The van der Waals surface area contributed by atoms with Crippen LogP contribution in [0.5, 0.6) is 5.75 Å². The molecule has 0 saturated heterocycles. The molecule has 0 saturated carbocycles. The molecule has 2 aromatic rings. The summed E-state index contributed by atoms with van der Waals surface area (Å²) in [5.41, 5.74) is 1.11. The third-order valence-electron chi connectivity index (χ3n) is 3.15. The summed E-state index contributed by atoms with van der Waals surface area (Å²) in [6.45, 7) is 6.99. The second-order valence-corrected chi connectivity index (χ2v) is 6.11. The summed E-state index contributed by atoms with van der Waals surface area (Å²) < 4.78 is 15.7. The van der Waals surface area contributed by atoms with Crippen molar-refractivity contribution < 1.29 is 18.7 Å². The summed E-state index contributed by atoms with van der Waals surface area (Å²) in [5, 5.41) is 2.65. The number of hydrogen-bond acceptors (Lipinski definition) is 5. The summed E-state index contributed by atoms with van der Waals surface area (Å²) in [6, 6.07) is 7.10. The van der Waals surface area contributed by atoms with Gasteiger partial charge in [-0.2, -0.15) is 4.98 Å². The largest absolute Gasteiger partial charge is 0.491 e. The van der Waals surface area contributed by atoms with E-state index in [-0.39, 0.29) is 17.3 Å². The molecule has 1 amide bonds. The molecule has 0 aliphatic rings. The first kappa shape index (κ1) is 17.0. The highest BCUT2D eigenvalue weighted by molar-refractivity contribution is 6.03. The number of nitrogens with one attached hydrogen (secondary N) is 1. The molecule has 6 heteroatoms. The van der Waals surface area contributed by atoms with Crippen LogP contribution in [0.4, 0.5) is 6.01 Å². The van der Waals surface area contributed by atoms with Gasteiger partial charge in [0.1, 0.15) is 18.6 Å². The molecule has 1 aromatic carbocycles. The standard InChI is InChI=1S/C17H22N2O4/c1-17(2,3)14-11-23-16(18-14)19-15(20)12-6-5-7-13(10-12)22-9-8-21-4/h5-7,10-11H,8-9H2,1-4H3,(H,18,19,20). The van der Waals surface area contributed by atoms with Crippen molar-refractivity contribution in [1.82, 2.24) is 4.98 Å². The van der Waals surface area contributed by atoms with Crippen LogP contribution < -0.4 is 10.1 Å². The lowest BCUT2D eigenvalue weighted by molar-refractivity contribution is 0.102. The highest BCUT2D eigenvalue weighted by Crippen LogP contribution is 2.23. The van der Waals surface area contributed by atoms with Crippen molar-refractivity contribution in [3.05, 3.63) is 41.8 Å². The lowest BCUT2D eigenvalue weighted by atomic mass is 9.93. The third-order valence-corrected chi connectivity index (χ3v) is 3.15. The number of nitrogens with zero attached hydrogens (tertiary/aromatic N) is 1. The van der Waals surface area contributed by atoms with E-state index < -0.39 is 0 Å². The second kappa shape index (κ2) is 7.28. The molecule has 1 N–H and O–H groups in total. The van der Waals surface area contributed by atoms with Crippen LogP contribution in [0.25, 0.3) is 0 Å². The Labute approximate surface area is 135 Å². The SMILES string of the molecule is COCCOc1cccc(C(=O)Nc2nc(C(C)(C)C)co2)c1. The number of oxazole rings is 1. The number of ether oxygens (including phenoxy) is 2. The van der Waals surface area contributed by atoms with E-state index in [1.54, 1.807) is 37.6 Å². The van der Waals surface area contributed by atoms with Crippen molar-refractivity contribution in [3.63, 3.8) is 0 Å². The summed E-state index contributed by atoms with van der Waals surface area (Å²) in [7, 11) is 1.61. The maximum Gasteiger partial charge on any atom is 0.301 e. The Hall–Kier alpha value is -2.34. The Morgan fingerprint density at radius 3 is 2.74 bits per heavy atom. The summed E-state index contributed by atoms with van der Waals surface area (Å²) in [5.74, 6) is 0.307. The van der Waals surface area contributed by atoms with Crippen molar-refractivity contribution in [2.45, 2.75) is 26.2 Å². The van der Waals surface area contributed by atoms with Crippen molar-refractivity contribution in [1.29, 1.82) is 0 Å². The maximum atomic E-state index is 12.3. The van der Waals surface area contributed by atoms with Crippen LogP contribution in [-0.4, -0.2) is 31.2 Å². The zero-order valence-corrected chi connectivity index (χ0v) is 13.9. The average molecular weight is 318 g/mol. The minimum Gasteiger partial charge on any atom is -0.491 e. The first-order valence-corrected chi connectivity index (χ1v) is 7.39. The average Bonchev–Trinajstić information content (AvgIpc) is 2.96. The molecule has 124 valence electrons. The number of methoxy groups -OCH3 is 1. The van der Waals surface area contributed by atoms with E-state index >= 15 is 0 Å². The molecule has 0 aliphatic heterocycles. The third kappa shape index (κ3) is 4.82. The van der Waals surface area contributed by atoms with Crippen LogP contribution in [0.15, 0.2) is 34.9 Å². The Morgan fingerprint density at radius 2 is 2.09 bits per heavy atom. The Bertz CT molecular complexity index is 659. The number of amides is 1. The van der Waals surface area contributed by atoms with Gasteiger partial charge in [-0.15, -0.1) is 0 Å². The van der Waals surface area contributed by atoms with E-state index in [4.69, 9.17) is 13.9 Å². The summed E-state index contributed by atoms with van der Waals surface area (Å²) in [4.78, 5) is 16.5. The predicted octanol–water partition coefficient (Wildman–Crippen LogP) is 3.25. The minimum atomic E-state index is -0.301. The summed E-state index contributed by atoms with van der Waals surface area (Å²) >= 11 is 0. The monoisotopic (exact) mass is 318 g/mol. The molecule has 0 fully saturated rings. The predicted molar refractivity (Wildman–Crippen MR) is 87.0 cm³/mol. The van der Waals surface area contributed by atoms with Gasteiger partial charge in [0, 0.05) is 18.1 Å². The van der Waals surface area contributed by atoms with Crippen molar-refractivity contribution in [3.8, 4) is 5.75 Å². The molecule has 0 aliphatic carbocycles. The quantitative estimate of drug-likeness (QED) is 0.828. The van der Waals surface area contributed by atoms with Gasteiger partial charge in [0.2, 0.25) is 0 Å². The van der Waals surface area contributed by atoms with Gasteiger partial charge in [-0.25, -0.2) is 0 Å². The summed E-state index contributed by atoms with van der Waals surface area (Å²) in [6.07, 6.45) is 1.56. The fourth-order valence-electron chi connectivity index (χ4n) is 1.81. The van der Waals surface area contributed by atoms with E-state index in [0.29, 0.717) is 24.5 Å². The van der Waals surface area contributed by atoms with Crippen molar-refractivity contribution in [2.24, 2.45) is 0 Å². The van der Waals surface area contributed by atoms with Crippen LogP contribution in [0.2, 0.25) is 0 Å². The smallest absolute Gasteiger partial charge is 0.301 e. The molecule has 1 aromatic heterocycles. The molecule has 0 atom stereocenters. The first-order chi connectivity index (χ1) is 10.9. The molecule has 0 radical (unpaired) electrons. The molecule has 6 nitrogen and oxygen atoms in total. The topological polar surface area (TPSA) is 73.6 Å². The minimum absolute atomic E-state index is 0.137. The second-order valence-electron chi connectivity index (χ2n) is 6.11. The number of carbonyl (C=O) groups excluding carboxylic acids is 1. The van der Waals surface area contributed by atoms with Crippen LogP contribution in [0.3, 0.4) is 0 Å². The van der Waals surface area contributed by atoms with Crippen molar-refractivity contribution in [2.75, 3.05) is 25.6 Å². The van der Waals surface area contributed by atoms with Crippen LogP contribution in [0.1, 0.15) is 36.8 Å². The molecule has 0 unspecified atom stereocenters. The van der Waals surface area contributed by atoms with Gasteiger partial charge >= 0.3 is 6.01 Å². The molecular formula is C17H22N2O4.